The first-order valence-corrected chi connectivity index (χ1v) is 12.0. The number of carbonyl (C=O) groups excluding carboxylic acids is 1. The number of carbonyl (C=O) groups is 1. The fraction of sp³-hybridized carbons (Fsp3) is 0.542. The van der Waals surface area contributed by atoms with E-state index in [9.17, 15) is 13.6 Å². The molecule has 5 heterocycles. The molecule has 3 aromatic rings. The van der Waals surface area contributed by atoms with Crippen molar-refractivity contribution in [3.63, 3.8) is 0 Å². The molecule has 1 saturated carbocycles. The molecular weight excluding hydrogens is 442 g/mol. The number of halogens is 2. The van der Waals surface area contributed by atoms with Crippen molar-refractivity contribution >= 4 is 28.6 Å². The normalized spacial score (nSPS) is 28.5. The van der Waals surface area contributed by atoms with Gasteiger partial charge in [0.2, 0.25) is 0 Å². The van der Waals surface area contributed by atoms with Gasteiger partial charge in [0.15, 0.2) is 11.3 Å². The highest BCUT2D eigenvalue weighted by atomic mass is 19.3. The SMILES string of the molecule is C[C@H]1OC[C@H]2C1N2c1ccc2ccn(C(=O)Nc3cn([C@H]4CC[C@H](C)CC4)nc3C(F)F)c2n1. The van der Waals surface area contributed by atoms with Crippen molar-refractivity contribution in [2.45, 2.75) is 70.2 Å². The maximum atomic E-state index is 13.7. The first kappa shape index (κ1) is 21.5. The van der Waals surface area contributed by atoms with E-state index in [0.717, 1.165) is 36.9 Å². The Morgan fingerprint density at radius 1 is 1.18 bits per heavy atom. The molecule has 0 bridgehead atoms. The van der Waals surface area contributed by atoms with Gasteiger partial charge < -0.3 is 15.0 Å². The van der Waals surface area contributed by atoms with Gasteiger partial charge in [-0.25, -0.2) is 18.6 Å². The van der Waals surface area contributed by atoms with Crippen LogP contribution in [-0.4, -0.2) is 50.2 Å². The molecule has 10 heteroatoms. The van der Waals surface area contributed by atoms with Gasteiger partial charge in [-0.2, -0.15) is 5.10 Å². The third kappa shape index (κ3) is 3.55. The van der Waals surface area contributed by atoms with Crippen LogP contribution in [0.5, 0.6) is 0 Å². The van der Waals surface area contributed by atoms with Crippen molar-refractivity contribution in [1.29, 1.82) is 0 Å². The number of hydrogen-bond acceptors (Lipinski definition) is 5. The van der Waals surface area contributed by atoms with Gasteiger partial charge in [-0.05, 0) is 56.7 Å². The first-order valence-electron chi connectivity index (χ1n) is 12.0. The van der Waals surface area contributed by atoms with Crippen LogP contribution < -0.4 is 10.2 Å². The van der Waals surface area contributed by atoms with Crippen LogP contribution >= 0.6 is 0 Å². The number of rotatable bonds is 4. The zero-order valence-corrected chi connectivity index (χ0v) is 19.2. The molecular formula is C24H28F2N6O2. The second kappa shape index (κ2) is 8.04. The van der Waals surface area contributed by atoms with E-state index < -0.39 is 18.2 Å². The summed E-state index contributed by atoms with van der Waals surface area (Å²) in [6, 6.07) is 5.83. The zero-order valence-electron chi connectivity index (χ0n) is 19.2. The molecule has 180 valence electrons. The second-order valence-corrected chi connectivity index (χ2v) is 9.82. The van der Waals surface area contributed by atoms with Crippen molar-refractivity contribution in [2.24, 2.45) is 5.92 Å². The Kier molecular flexibility index (Phi) is 5.09. The number of alkyl halides is 2. The van der Waals surface area contributed by atoms with Crippen LogP contribution in [-0.2, 0) is 4.74 Å². The number of nitrogens with zero attached hydrogens (tertiary/aromatic N) is 5. The van der Waals surface area contributed by atoms with Crippen LogP contribution in [0.4, 0.5) is 25.1 Å². The lowest BCUT2D eigenvalue weighted by Gasteiger charge is -2.26. The van der Waals surface area contributed by atoms with Crippen molar-refractivity contribution in [1.82, 2.24) is 19.3 Å². The monoisotopic (exact) mass is 470 g/mol. The Morgan fingerprint density at radius 2 is 1.97 bits per heavy atom. The Morgan fingerprint density at radius 3 is 2.68 bits per heavy atom. The van der Waals surface area contributed by atoms with Crippen LogP contribution in [0.15, 0.2) is 30.6 Å². The Balaban J connectivity index is 1.25. The smallest absolute Gasteiger partial charge is 0.331 e. The van der Waals surface area contributed by atoms with Gasteiger partial charge in [0.25, 0.3) is 6.43 Å². The van der Waals surface area contributed by atoms with Gasteiger partial charge in [0.1, 0.15) is 5.82 Å². The number of anilines is 2. The number of aromatic nitrogens is 4. The van der Waals surface area contributed by atoms with Crippen LogP contribution in [0.3, 0.4) is 0 Å². The van der Waals surface area contributed by atoms with Crippen LogP contribution in [0.25, 0.3) is 11.0 Å². The fourth-order valence-electron chi connectivity index (χ4n) is 5.53. The van der Waals surface area contributed by atoms with E-state index in [1.165, 1.54) is 4.57 Å². The van der Waals surface area contributed by atoms with Gasteiger partial charge in [0.05, 0.1) is 36.5 Å². The third-order valence-electron chi connectivity index (χ3n) is 7.57. The molecule has 2 aliphatic heterocycles. The van der Waals surface area contributed by atoms with E-state index in [1.54, 1.807) is 23.1 Å². The number of hydrogen-bond donors (Lipinski definition) is 1. The lowest BCUT2D eigenvalue weighted by molar-refractivity contribution is 0.107. The summed E-state index contributed by atoms with van der Waals surface area (Å²) in [5.74, 6) is 1.43. The zero-order chi connectivity index (χ0) is 23.6. The van der Waals surface area contributed by atoms with Crippen LogP contribution in [0.1, 0.15) is 57.7 Å². The molecule has 0 aromatic carbocycles. The number of pyridine rings is 1. The number of nitrogens with one attached hydrogen (secondary N) is 1. The number of morpholine rings is 1. The molecule has 0 radical (unpaired) electrons. The summed E-state index contributed by atoms with van der Waals surface area (Å²) in [6.07, 6.45) is 4.41. The predicted molar refractivity (Wildman–Crippen MR) is 123 cm³/mol. The topological polar surface area (TPSA) is 77.0 Å². The van der Waals surface area contributed by atoms with Gasteiger partial charge in [-0.3, -0.25) is 9.25 Å². The maximum Gasteiger partial charge on any atom is 0.331 e. The van der Waals surface area contributed by atoms with E-state index in [4.69, 9.17) is 9.72 Å². The molecule has 1 aliphatic carbocycles. The summed E-state index contributed by atoms with van der Waals surface area (Å²) >= 11 is 0. The van der Waals surface area contributed by atoms with E-state index in [-0.39, 0.29) is 17.8 Å². The molecule has 0 spiro atoms. The second-order valence-electron chi connectivity index (χ2n) is 9.82. The van der Waals surface area contributed by atoms with Crippen molar-refractivity contribution in [3.8, 4) is 0 Å². The first-order chi connectivity index (χ1) is 16.4. The van der Waals surface area contributed by atoms with E-state index in [1.807, 2.05) is 19.1 Å². The summed E-state index contributed by atoms with van der Waals surface area (Å²) in [4.78, 5) is 20.1. The predicted octanol–water partition coefficient (Wildman–Crippen LogP) is 4.98. The number of amides is 1. The molecule has 34 heavy (non-hydrogen) atoms. The van der Waals surface area contributed by atoms with Crippen molar-refractivity contribution < 1.29 is 18.3 Å². The quantitative estimate of drug-likeness (QED) is 0.545. The molecule has 3 fully saturated rings. The maximum absolute atomic E-state index is 13.7. The summed E-state index contributed by atoms with van der Waals surface area (Å²) in [5, 5.41) is 7.60. The average Bonchev–Trinajstić information content (AvgIpc) is 3.11. The highest BCUT2D eigenvalue weighted by Gasteiger charge is 2.56. The lowest BCUT2D eigenvalue weighted by Crippen LogP contribution is -2.21. The van der Waals surface area contributed by atoms with Gasteiger partial charge >= 0.3 is 6.03 Å². The molecule has 2 saturated heterocycles. The average molecular weight is 471 g/mol. The molecule has 3 aromatic heterocycles. The molecule has 1 N–H and O–H groups in total. The molecule has 1 amide bonds. The Labute approximate surface area is 195 Å². The molecule has 1 unspecified atom stereocenters. The summed E-state index contributed by atoms with van der Waals surface area (Å²) < 4.78 is 36.1. The molecule has 8 nitrogen and oxygen atoms in total. The summed E-state index contributed by atoms with van der Waals surface area (Å²) in [6.45, 7) is 4.93. The van der Waals surface area contributed by atoms with E-state index in [2.05, 4.69) is 22.2 Å². The minimum Gasteiger partial charge on any atom is -0.374 e. The molecule has 3 atom stereocenters. The number of ether oxygens (including phenoxy) is 1. The van der Waals surface area contributed by atoms with Crippen LogP contribution in [0, 0.1) is 5.92 Å². The van der Waals surface area contributed by atoms with Gasteiger partial charge in [-0.15, -0.1) is 0 Å². The highest BCUT2D eigenvalue weighted by Crippen LogP contribution is 2.42. The lowest BCUT2D eigenvalue weighted by atomic mass is 9.87. The Bertz CT molecular complexity index is 1230. The minimum atomic E-state index is -2.78. The van der Waals surface area contributed by atoms with Crippen molar-refractivity contribution in [3.05, 3.63) is 36.3 Å². The highest BCUT2D eigenvalue weighted by molar-refractivity contribution is 5.98. The van der Waals surface area contributed by atoms with E-state index >= 15 is 0 Å². The summed E-state index contributed by atoms with van der Waals surface area (Å²) in [7, 11) is 0. The van der Waals surface area contributed by atoms with Crippen molar-refractivity contribution in [2.75, 3.05) is 16.8 Å². The number of fused-ring (bicyclic) bond motifs is 2. The van der Waals surface area contributed by atoms with Crippen LogP contribution in [0.2, 0.25) is 0 Å². The molecule has 6 rings (SSSR count). The van der Waals surface area contributed by atoms with Gasteiger partial charge in [0, 0.05) is 17.8 Å². The standard InChI is InChI=1S/C24H28F2N6O2/c1-13-3-6-16(7-4-13)31-11-17(20(29-31)22(25)26)27-24(33)30-10-9-15-5-8-19(28-23(15)30)32-18-12-34-14(2)21(18)32/h5,8-11,13-14,16,18,21-22H,3-4,6-7,12H2,1-2H3,(H,27,33)/t13-,14-,16-,18+,21?,32?/m1/s1. The van der Waals surface area contributed by atoms with Gasteiger partial charge in [-0.1, -0.05) is 6.92 Å². The molecule has 3 aliphatic rings. The Hall–Kier alpha value is -3.01. The third-order valence-corrected chi connectivity index (χ3v) is 7.57. The fourth-order valence-corrected chi connectivity index (χ4v) is 5.53. The minimum absolute atomic E-state index is 0.0445. The van der Waals surface area contributed by atoms with E-state index in [0.29, 0.717) is 30.3 Å². The summed E-state index contributed by atoms with van der Waals surface area (Å²) in [5.41, 5.74) is 0.131. The largest absolute Gasteiger partial charge is 0.374 e.